The number of aliphatic hydroxyl groups excluding tert-OH is 1. The van der Waals surface area contributed by atoms with Crippen molar-refractivity contribution in [1.29, 1.82) is 5.26 Å². The lowest BCUT2D eigenvalue weighted by atomic mass is 10.1. The van der Waals surface area contributed by atoms with Crippen molar-refractivity contribution < 1.29 is 19.0 Å². The molecule has 0 saturated carbocycles. The maximum atomic E-state index is 11.7. The van der Waals surface area contributed by atoms with Crippen molar-refractivity contribution in [3.8, 4) is 17.6 Å². The van der Waals surface area contributed by atoms with E-state index in [1.54, 1.807) is 18.2 Å². The zero-order valence-electron chi connectivity index (χ0n) is 11.3. The summed E-state index contributed by atoms with van der Waals surface area (Å²) in [5.74, 6) is 0.671. The first-order chi connectivity index (χ1) is 10.2. The molecule has 1 N–H and O–H groups in total. The van der Waals surface area contributed by atoms with Crippen molar-refractivity contribution in [2.24, 2.45) is 0 Å². The average Bonchev–Trinajstić information content (AvgIpc) is 2.53. The predicted octanol–water partition coefficient (Wildman–Crippen LogP) is 1.59. The number of hydrogen-bond donors (Lipinski definition) is 1. The van der Waals surface area contributed by atoms with E-state index in [1.807, 2.05) is 6.07 Å². The summed E-state index contributed by atoms with van der Waals surface area (Å²) in [6.07, 6.45) is 1.16. The molecule has 0 aliphatic carbocycles. The fourth-order valence-corrected chi connectivity index (χ4v) is 1.71. The number of nitrogens with zero attached hydrogens (tertiary/aromatic N) is 1. The second-order valence-corrected chi connectivity index (χ2v) is 4.17. The minimum absolute atomic E-state index is 0.0514. The number of methoxy groups -OCH3 is 1. The molecule has 0 spiro atoms. The van der Waals surface area contributed by atoms with Crippen molar-refractivity contribution >= 4 is 0 Å². The molecule has 1 aromatic carbocycles. The van der Waals surface area contributed by atoms with Gasteiger partial charge in [0.15, 0.2) is 0 Å². The molecule has 2 aromatic rings. The second kappa shape index (κ2) is 6.59. The first-order valence-electron chi connectivity index (χ1n) is 6.10. The second-order valence-electron chi connectivity index (χ2n) is 4.17. The van der Waals surface area contributed by atoms with E-state index in [2.05, 4.69) is 0 Å². The number of hydrogen-bond acceptors (Lipinski definition) is 6. The Morgan fingerprint density at radius 2 is 2.14 bits per heavy atom. The third-order valence-corrected chi connectivity index (χ3v) is 2.79. The van der Waals surface area contributed by atoms with E-state index in [-0.39, 0.29) is 30.2 Å². The Hall–Kier alpha value is -2.78. The summed E-state index contributed by atoms with van der Waals surface area (Å²) < 4.78 is 15.5. The quantitative estimate of drug-likeness (QED) is 0.897. The van der Waals surface area contributed by atoms with Crippen molar-refractivity contribution in [2.75, 3.05) is 7.11 Å². The van der Waals surface area contributed by atoms with E-state index in [1.165, 1.54) is 13.2 Å². The Kier molecular flexibility index (Phi) is 4.59. The van der Waals surface area contributed by atoms with Crippen molar-refractivity contribution in [2.45, 2.75) is 13.2 Å². The first kappa shape index (κ1) is 14.6. The van der Waals surface area contributed by atoms with Crippen LogP contribution in [0.25, 0.3) is 0 Å². The molecule has 0 radical (unpaired) electrons. The first-order valence-corrected chi connectivity index (χ1v) is 6.10. The van der Waals surface area contributed by atoms with Crippen LogP contribution in [0.2, 0.25) is 0 Å². The van der Waals surface area contributed by atoms with Gasteiger partial charge in [-0.2, -0.15) is 5.26 Å². The summed E-state index contributed by atoms with van der Waals surface area (Å²) in [7, 11) is 1.48. The van der Waals surface area contributed by atoms with Gasteiger partial charge in [0.25, 0.3) is 0 Å². The van der Waals surface area contributed by atoms with Gasteiger partial charge in [-0.05, 0) is 17.7 Å². The van der Waals surface area contributed by atoms with Gasteiger partial charge in [0.05, 0.1) is 12.7 Å². The summed E-state index contributed by atoms with van der Waals surface area (Å²) in [6.45, 7) is -0.215. The molecule has 0 saturated heterocycles. The van der Waals surface area contributed by atoms with Crippen LogP contribution in [0.15, 0.2) is 39.7 Å². The largest absolute Gasteiger partial charge is 0.495 e. The summed E-state index contributed by atoms with van der Waals surface area (Å²) in [4.78, 5) is 11.7. The molecule has 0 aliphatic rings. The highest BCUT2D eigenvalue weighted by molar-refractivity contribution is 5.45. The topological polar surface area (TPSA) is 92.7 Å². The van der Waals surface area contributed by atoms with Crippen LogP contribution in [0, 0.1) is 11.3 Å². The van der Waals surface area contributed by atoms with Crippen LogP contribution in [-0.4, -0.2) is 12.2 Å². The molecule has 0 unspecified atom stereocenters. The number of rotatable bonds is 5. The SMILES string of the molecule is COc1cc(COc2coc(CO)cc2=O)ccc1C#N. The van der Waals surface area contributed by atoms with E-state index in [4.69, 9.17) is 24.3 Å². The van der Waals surface area contributed by atoms with Gasteiger partial charge in [-0.3, -0.25) is 4.79 Å². The molecule has 0 atom stereocenters. The van der Waals surface area contributed by atoms with Gasteiger partial charge in [0, 0.05) is 6.07 Å². The Morgan fingerprint density at radius 1 is 1.33 bits per heavy atom. The Labute approximate surface area is 120 Å². The number of benzene rings is 1. The zero-order valence-corrected chi connectivity index (χ0v) is 11.3. The third-order valence-electron chi connectivity index (χ3n) is 2.79. The Morgan fingerprint density at radius 3 is 2.76 bits per heavy atom. The van der Waals surface area contributed by atoms with E-state index in [0.717, 1.165) is 11.8 Å². The monoisotopic (exact) mass is 287 g/mol. The highest BCUT2D eigenvalue weighted by atomic mass is 16.5. The van der Waals surface area contributed by atoms with Crippen LogP contribution in [0.1, 0.15) is 16.9 Å². The van der Waals surface area contributed by atoms with Gasteiger partial charge in [0.1, 0.15) is 37.1 Å². The maximum Gasteiger partial charge on any atom is 0.227 e. The third kappa shape index (κ3) is 3.41. The van der Waals surface area contributed by atoms with Crippen molar-refractivity contribution in [3.63, 3.8) is 0 Å². The van der Waals surface area contributed by atoms with Crippen LogP contribution >= 0.6 is 0 Å². The molecule has 6 heteroatoms. The standard InChI is InChI=1S/C15H13NO5/c1-19-14-4-10(2-3-11(14)6-16)8-21-15-9-20-12(7-17)5-13(15)18/h2-5,9,17H,7-8H2,1H3. The summed E-state index contributed by atoms with van der Waals surface area (Å²) in [6, 6.07) is 8.19. The van der Waals surface area contributed by atoms with Gasteiger partial charge < -0.3 is 19.0 Å². The molecule has 1 aromatic heterocycles. The predicted molar refractivity (Wildman–Crippen MR) is 72.9 cm³/mol. The number of nitriles is 1. The van der Waals surface area contributed by atoms with Crippen LogP contribution in [-0.2, 0) is 13.2 Å². The van der Waals surface area contributed by atoms with Crippen LogP contribution in [0.5, 0.6) is 11.5 Å². The summed E-state index contributed by atoms with van der Waals surface area (Å²) >= 11 is 0. The molecule has 21 heavy (non-hydrogen) atoms. The lowest BCUT2D eigenvalue weighted by Gasteiger charge is -2.08. The minimum Gasteiger partial charge on any atom is -0.495 e. The van der Waals surface area contributed by atoms with Gasteiger partial charge in [-0.15, -0.1) is 0 Å². The molecule has 0 amide bonds. The van der Waals surface area contributed by atoms with E-state index >= 15 is 0 Å². The Bertz CT molecular complexity index is 730. The van der Waals surface area contributed by atoms with Gasteiger partial charge in [0.2, 0.25) is 11.2 Å². The smallest absolute Gasteiger partial charge is 0.227 e. The highest BCUT2D eigenvalue weighted by Crippen LogP contribution is 2.20. The number of ether oxygens (including phenoxy) is 2. The fraction of sp³-hybridized carbons (Fsp3) is 0.200. The lowest BCUT2D eigenvalue weighted by Crippen LogP contribution is -2.08. The molecule has 6 nitrogen and oxygen atoms in total. The molecule has 2 rings (SSSR count). The molecule has 0 aliphatic heterocycles. The molecule has 0 fully saturated rings. The summed E-state index contributed by atoms with van der Waals surface area (Å²) in [5.41, 5.74) is 0.801. The van der Waals surface area contributed by atoms with Crippen LogP contribution in [0.4, 0.5) is 0 Å². The molecule has 0 bridgehead atoms. The Balaban J connectivity index is 2.13. The zero-order chi connectivity index (χ0) is 15.2. The lowest BCUT2D eigenvalue weighted by molar-refractivity contribution is 0.236. The normalized spacial score (nSPS) is 9.95. The van der Waals surface area contributed by atoms with Crippen molar-refractivity contribution in [1.82, 2.24) is 0 Å². The average molecular weight is 287 g/mol. The molecular weight excluding hydrogens is 274 g/mol. The molecule has 1 heterocycles. The minimum atomic E-state index is -0.370. The highest BCUT2D eigenvalue weighted by Gasteiger charge is 2.07. The van der Waals surface area contributed by atoms with Crippen LogP contribution in [0.3, 0.4) is 0 Å². The molecular formula is C15H13NO5. The fourth-order valence-electron chi connectivity index (χ4n) is 1.71. The molecule has 108 valence electrons. The van der Waals surface area contributed by atoms with E-state index < -0.39 is 0 Å². The van der Waals surface area contributed by atoms with Gasteiger partial charge in [-0.25, -0.2) is 0 Å². The maximum absolute atomic E-state index is 11.7. The van der Waals surface area contributed by atoms with Gasteiger partial charge in [-0.1, -0.05) is 6.07 Å². The van der Waals surface area contributed by atoms with E-state index in [0.29, 0.717) is 11.3 Å². The van der Waals surface area contributed by atoms with Crippen molar-refractivity contribution in [3.05, 3.63) is 57.6 Å². The van der Waals surface area contributed by atoms with E-state index in [9.17, 15) is 4.79 Å². The summed E-state index contributed by atoms with van der Waals surface area (Å²) in [5, 5.41) is 17.8. The van der Waals surface area contributed by atoms with Crippen LogP contribution < -0.4 is 14.9 Å². The van der Waals surface area contributed by atoms with Gasteiger partial charge >= 0.3 is 0 Å². The number of aliphatic hydroxyl groups is 1.